The van der Waals surface area contributed by atoms with Crippen LogP contribution in [0.5, 0.6) is 0 Å². The molecular weight excluding hydrogens is 287 g/mol. The molecule has 0 radical (unpaired) electrons. The molecule has 2 N–H and O–H groups in total. The van der Waals surface area contributed by atoms with Gasteiger partial charge in [-0.2, -0.15) is 0 Å². The molecule has 6 heteroatoms. The average Bonchev–Trinajstić information content (AvgIpc) is 2.90. The van der Waals surface area contributed by atoms with Gasteiger partial charge in [0.05, 0.1) is 15.7 Å². The molecule has 0 unspecified atom stereocenters. The highest BCUT2D eigenvalue weighted by molar-refractivity contribution is 7.22. The Hall–Kier alpha value is -2.60. The molecule has 0 fully saturated rings. The highest BCUT2D eigenvalue weighted by Gasteiger charge is 2.13. The van der Waals surface area contributed by atoms with E-state index in [1.807, 2.05) is 18.2 Å². The van der Waals surface area contributed by atoms with Gasteiger partial charge in [-0.3, -0.25) is 0 Å². The van der Waals surface area contributed by atoms with E-state index in [0.717, 1.165) is 33.4 Å². The van der Waals surface area contributed by atoms with Crippen molar-refractivity contribution in [3.05, 3.63) is 48.7 Å². The first-order valence-corrected chi connectivity index (χ1v) is 7.09. The first kappa shape index (κ1) is 12.2. The molecule has 0 atom stereocenters. The molecule has 0 bridgehead atoms. The second-order valence-corrected chi connectivity index (χ2v) is 5.65. The van der Waals surface area contributed by atoms with E-state index in [4.69, 9.17) is 5.73 Å². The van der Waals surface area contributed by atoms with Gasteiger partial charge in [-0.25, -0.2) is 19.3 Å². The average molecular weight is 296 g/mol. The summed E-state index contributed by atoms with van der Waals surface area (Å²) in [5.74, 6) is -0.300. The van der Waals surface area contributed by atoms with Crippen molar-refractivity contribution in [1.29, 1.82) is 0 Å². The first-order chi connectivity index (χ1) is 10.2. The summed E-state index contributed by atoms with van der Waals surface area (Å²) in [4.78, 5) is 12.5. The molecule has 2 heterocycles. The molecule has 0 aliphatic carbocycles. The number of hydrogen-bond acceptors (Lipinski definition) is 5. The number of halogens is 1. The smallest absolute Gasteiger partial charge is 0.181 e. The van der Waals surface area contributed by atoms with E-state index in [1.165, 1.54) is 12.4 Å². The van der Waals surface area contributed by atoms with Crippen LogP contribution in [0.4, 0.5) is 9.52 Å². The van der Waals surface area contributed by atoms with Crippen LogP contribution in [0.25, 0.3) is 32.2 Å². The summed E-state index contributed by atoms with van der Waals surface area (Å²) in [7, 11) is 0. The Labute approximate surface area is 123 Å². The number of hydrogen-bond donors (Lipinski definition) is 1. The molecule has 0 saturated heterocycles. The Morgan fingerprint density at radius 1 is 1.14 bits per heavy atom. The summed E-state index contributed by atoms with van der Waals surface area (Å²) >= 11 is 1.16. The fourth-order valence-electron chi connectivity index (χ4n) is 2.37. The van der Waals surface area contributed by atoms with E-state index in [2.05, 4.69) is 15.0 Å². The van der Waals surface area contributed by atoms with Crippen LogP contribution in [0.15, 0.2) is 42.9 Å². The van der Waals surface area contributed by atoms with Crippen molar-refractivity contribution in [2.24, 2.45) is 0 Å². The molecule has 0 amide bonds. The first-order valence-electron chi connectivity index (χ1n) is 6.27. The third-order valence-corrected chi connectivity index (χ3v) is 4.22. The van der Waals surface area contributed by atoms with Crippen LogP contribution < -0.4 is 5.73 Å². The fraction of sp³-hybridized carbons (Fsp3) is 0. The maximum absolute atomic E-state index is 13.8. The number of rotatable bonds is 1. The van der Waals surface area contributed by atoms with Gasteiger partial charge in [0, 0.05) is 17.1 Å². The molecule has 102 valence electrons. The highest BCUT2D eigenvalue weighted by Crippen LogP contribution is 2.35. The van der Waals surface area contributed by atoms with Crippen LogP contribution in [0.3, 0.4) is 0 Å². The molecule has 2 aromatic heterocycles. The van der Waals surface area contributed by atoms with Crippen molar-refractivity contribution in [1.82, 2.24) is 15.0 Å². The number of anilines is 1. The zero-order valence-electron chi connectivity index (χ0n) is 10.7. The molecule has 4 rings (SSSR count). The fourth-order valence-corrected chi connectivity index (χ4v) is 3.13. The molecular formula is C15H9FN4S. The van der Waals surface area contributed by atoms with Crippen LogP contribution in [0, 0.1) is 5.82 Å². The van der Waals surface area contributed by atoms with E-state index >= 15 is 0 Å². The van der Waals surface area contributed by atoms with Crippen molar-refractivity contribution >= 4 is 37.6 Å². The van der Waals surface area contributed by atoms with E-state index in [9.17, 15) is 4.39 Å². The quantitative estimate of drug-likeness (QED) is 0.582. The van der Waals surface area contributed by atoms with Gasteiger partial charge >= 0.3 is 0 Å². The SMILES string of the molecule is Nc1nc2c(-c3ccc4cncnc4c3)ccc(F)c2s1. The Bertz CT molecular complexity index is 980. The van der Waals surface area contributed by atoms with Gasteiger partial charge in [-0.15, -0.1) is 0 Å². The topological polar surface area (TPSA) is 64.7 Å². The van der Waals surface area contributed by atoms with Crippen molar-refractivity contribution in [2.75, 3.05) is 5.73 Å². The number of benzene rings is 2. The highest BCUT2D eigenvalue weighted by atomic mass is 32.1. The van der Waals surface area contributed by atoms with Crippen LogP contribution in [-0.4, -0.2) is 15.0 Å². The van der Waals surface area contributed by atoms with Crippen LogP contribution in [0.1, 0.15) is 0 Å². The molecule has 2 aromatic carbocycles. The van der Waals surface area contributed by atoms with Gasteiger partial charge in [-0.1, -0.05) is 23.5 Å². The largest absolute Gasteiger partial charge is 0.375 e. The monoisotopic (exact) mass is 296 g/mol. The van der Waals surface area contributed by atoms with E-state index < -0.39 is 0 Å². The number of thiazole rings is 1. The van der Waals surface area contributed by atoms with Crippen LogP contribution in [-0.2, 0) is 0 Å². The Balaban J connectivity index is 2.01. The molecule has 4 nitrogen and oxygen atoms in total. The normalized spacial score (nSPS) is 11.3. The molecule has 0 saturated carbocycles. The Kier molecular flexibility index (Phi) is 2.58. The Morgan fingerprint density at radius 3 is 2.95 bits per heavy atom. The summed E-state index contributed by atoms with van der Waals surface area (Å²) in [5.41, 5.74) is 8.92. The summed E-state index contributed by atoms with van der Waals surface area (Å²) in [5, 5.41) is 1.32. The predicted octanol–water partition coefficient (Wildman–Crippen LogP) is 3.63. The van der Waals surface area contributed by atoms with Gasteiger partial charge in [0.1, 0.15) is 12.1 Å². The van der Waals surface area contributed by atoms with E-state index in [1.54, 1.807) is 12.3 Å². The van der Waals surface area contributed by atoms with Gasteiger partial charge in [0.2, 0.25) is 0 Å². The zero-order valence-corrected chi connectivity index (χ0v) is 11.6. The number of nitrogens with two attached hydrogens (primary N) is 1. The molecule has 0 aliphatic heterocycles. The van der Waals surface area contributed by atoms with Gasteiger partial charge in [-0.05, 0) is 23.8 Å². The lowest BCUT2D eigenvalue weighted by Gasteiger charge is -2.05. The van der Waals surface area contributed by atoms with E-state index in [-0.39, 0.29) is 5.82 Å². The van der Waals surface area contributed by atoms with Crippen molar-refractivity contribution in [2.45, 2.75) is 0 Å². The minimum atomic E-state index is -0.300. The second kappa shape index (κ2) is 4.46. The number of aromatic nitrogens is 3. The third-order valence-electron chi connectivity index (χ3n) is 3.33. The third kappa shape index (κ3) is 1.92. The number of fused-ring (bicyclic) bond motifs is 2. The van der Waals surface area contributed by atoms with Gasteiger partial charge in [0.15, 0.2) is 5.13 Å². The summed E-state index contributed by atoms with van der Waals surface area (Å²) in [6, 6.07) is 9.00. The lowest BCUT2D eigenvalue weighted by molar-refractivity contribution is 0.641. The van der Waals surface area contributed by atoms with Crippen LogP contribution in [0.2, 0.25) is 0 Å². The number of nitrogens with zero attached hydrogens (tertiary/aromatic N) is 3. The van der Waals surface area contributed by atoms with E-state index in [0.29, 0.717) is 15.3 Å². The van der Waals surface area contributed by atoms with Gasteiger partial charge in [0.25, 0.3) is 0 Å². The summed E-state index contributed by atoms with van der Waals surface area (Å²) in [6.45, 7) is 0. The summed E-state index contributed by atoms with van der Waals surface area (Å²) in [6.07, 6.45) is 3.26. The zero-order chi connectivity index (χ0) is 14.4. The lowest BCUT2D eigenvalue weighted by Crippen LogP contribution is -1.86. The van der Waals surface area contributed by atoms with Crippen molar-refractivity contribution < 1.29 is 4.39 Å². The maximum atomic E-state index is 13.8. The molecule has 4 aromatic rings. The molecule has 0 aliphatic rings. The number of nitrogen functional groups attached to an aromatic ring is 1. The molecule has 21 heavy (non-hydrogen) atoms. The second-order valence-electron chi connectivity index (χ2n) is 4.62. The minimum absolute atomic E-state index is 0.300. The van der Waals surface area contributed by atoms with Gasteiger partial charge < -0.3 is 5.73 Å². The minimum Gasteiger partial charge on any atom is -0.375 e. The summed E-state index contributed by atoms with van der Waals surface area (Å²) < 4.78 is 14.3. The standard InChI is InChI=1S/C15H9FN4S/c16-11-4-3-10(13-14(11)21-15(17)20-13)8-1-2-9-6-18-7-19-12(9)5-8/h1-7H,(H2,17,20). The molecule has 0 spiro atoms. The van der Waals surface area contributed by atoms with Crippen LogP contribution >= 0.6 is 11.3 Å². The van der Waals surface area contributed by atoms with Crippen molar-refractivity contribution in [3.63, 3.8) is 0 Å². The maximum Gasteiger partial charge on any atom is 0.181 e. The lowest BCUT2D eigenvalue weighted by atomic mass is 10.0. The Morgan fingerprint density at radius 2 is 2.05 bits per heavy atom. The predicted molar refractivity (Wildman–Crippen MR) is 82.5 cm³/mol. The van der Waals surface area contributed by atoms with Crippen molar-refractivity contribution in [3.8, 4) is 11.1 Å².